The molecule has 1 heterocycles. The first-order valence-electron chi connectivity index (χ1n) is 3.87. The van der Waals surface area contributed by atoms with E-state index in [0.717, 1.165) is 0 Å². The zero-order chi connectivity index (χ0) is 12.5. The van der Waals surface area contributed by atoms with Gasteiger partial charge in [0, 0.05) is 17.1 Å². The molecule has 0 aromatic carbocycles. The largest absolute Gasteiger partial charge is 0.434 e. The van der Waals surface area contributed by atoms with E-state index in [0.29, 0.717) is 6.20 Å². The Bertz CT molecular complexity index is 391. The lowest BCUT2D eigenvalue weighted by Crippen LogP contribution is -2.11. The summed E-state index contributed by atoms with van der Waals surface area (Å²) in [6.07, 6.45) is -6.98. The van der Waals surface area contributed by atoms with Crippen LogP contribution in [0.1, 0.15) is 23.2 Å². The first-order chi connectivity index (χ1) is 7.29. The van der Waals surface area contributed by atoms with E-state index in [-0.39, 0.29) is 10.9 Å². The molecule has 0 aliphatic heterocycles. The molecule has 0 N–H and O–H groups in total. The third kappa shape index (κ3) is 2.71. The second-order valence-corrected chi connectivity index (χ2v) is 4.14. The predicted molar refractivity (Wildman–Crippen MR) is 54.5 cm³/mol. The van der Waals surface area contributed by atoms with E-state index >= 15 is 0 Å². The van der Waals surface area contributed by atoms with Gasteiger partial charge in [-0.3, -0.25) is 4.98 Å². The molecule has 0 amide bonds. The Balaban J connectivity index is 3.41. The van der Waals surface area contributed by atoms with Crippen LogP contribution in [0.2, 0.25) is 0 Å². The van der Waals surface area contributed by atoms with E-state index in [2.05, 4.69) is 36.8 Å². The molecule has 0 spiro atoms. The number of rotatable bonds is 2. The summed E-state index contributed by atoms with van der Waals surface area (Å²) in [4.78, 5) is 3.01. The average molecular weight is 369 g/mol. The van der Waals surface area contributed by atoms with Crippen LogP contribution in [-0.4, -0.2) is 4.98 Å². The summed E-state index contributed by atoms with van der Waals surface area (Å²) in [7, 11) is 0. The van der Waals surface area contributed by atoms with Crippen LogP contribution in [0.4, 0.5) is 22.0 Å². The molecule has 0 saturated carbocycles. The molecule has 1 aromatic rings. The van der Waals surface area contributed by atoms with Crippen molar-refractivity contribution in [2.24, 2.45) is 0 Å². The fraction of sp³-hybridized carbons (Fsp3) is 0.375. The van der Waals surface area contributed by atoms with Gasteiger partial charge in [0.05, 0.1) is 4.47 Å². The molecule has 0 bridgehead atoms. The monoisotopic (exact) mass is 367 g/mol. The molecular formula is C8H4Br2F5N. The minimum Gasteiger partial charge on any atom is -0.250 e. The highest BCUT2D eigenvalue weighted by Crippen LogP contribution is 2.38. The summed E-state index contributed by atoms with van der Waals surface area (Å²) in [5.74, 6) is 0. The number of halogens is 7. The van der Waals surface area contributed by atoms with E-state index < -0.39 is 28.3 Å². The van der Waals surface area contributed by atoms with Crippen LogP contribution in [0, 0.1) is 0 Å². The SMILES string of the molecule is FC(F)c1cnc(C(F)(F)F)c(Br)c1CBr. The van der Waals surface area contributed by atoms with Gasteiger partial charge in [0.15, 0.2) is 5.69 Å². The van der Waals surface area contributed by atoms with E-state index in [9.17, 15) is 22.0 Å². The first kappa shape index (κ1) is 13.8. The van der Waals surface area contributed by atoms with E-state index in [4.69, 9.17) is 0 Å². The number of nitrogens with zero attached hydrogens (tertiary/aromatic N) is 1. The third-order valence-corrected chi connectivity index (χ3v) is 3.21. The summed E-state index contributed by atoms with van der Waals surface area (Å²) in [6.45, 7) is 0. The lowest BCUT2D eigenvalue weighted by molar-refractivity contribution is -0.141. The zero-order valence-electron chi connectivity index (χ0n) is 7.45. The summed E-state index contributed by atoms with van der Waals surface area (Å²) in [5.41, 5.74) is -1.86. The maximum atomic E-state index is 12.5. The highest BCUT2D eigenvalue weighted by Gasteiger charge is 2.36. The lowest BCUT2D eigenvalue weighted by atomic mass is 10.1. The number of hydrogen-bond acceptors (Lipinski definition) is 1. The molecule has 0 saturated heterocycles. The molecule has 1 nitrogen and oxygen atoms in total. The molecule has 1 rings (SSSR count). The van der Waals surface area contributed by atoms with Gasteiger partial charge < -0.3 is 0 Å². The van der Waals surface area contributed by atoms with Crippen LogP contribution in [-0.2, 0) is 11.5 Å². The van der Waals surface area contributed by atoms with Crippen LogP contribution >= 0.6 is 31.9 Å². The van der Waals surface area contributed by atoms with Gasteiger partial charge in [0.1, 0.15) is 0 Å². The molecule has 90 valence electrons. The van der Waals surface area contributed by atoms with E-state index in [1.165, 1.54) is 0 Å². The number of pyridine rings is 1. The third-order valence-electron chi connectivity index (χ3n) is 1.79. The van der Waals surface area contributed by atoms with Crippen LogP contribution in [0.5, 0.6) is 0 Å². The van der Waals surface area contributed by atoms with Gasteiger partial charge in [-0.15, -0.1) is 0 Å². The second-order valence-electron chi connectivity index (χ2n) is 2.79. The van der Waals surface area contributed by atoms with Crippen LogP contribution < -0.4 is 0 Å². The van der Waals surface area contributed by atoms with Crippen molar-refractivity contribution in [1.29, 1.82) is 0 Å². The van der Waals surface area contributed by atoms with Gasteiger partial charge in [-0.1, -0.05) is 15.9 Å². The highest BCUT2D eigenvalue weighted by atomic mass is 79.9. The van der Waals surface area contributed by atoms with Gasteiger partial charge in [0.25, 0.3) is 6.43 Å². The Morgan fingerprint density at radius 3 is 2.25 bits per heavy atom. The topological polar surface area (TPSA) is 12.9 Å². The van der Waals surface area contributed by atoms with Crippen molar-refractivity contribution < 1.29 is 22.0 Å². The van der Waals surface area contributed by atoms with Crippen LogP contribution in [0.15, 0.2) is 10.7 Å². The summed E-state index contributed by atoms with van der Waals surface area (Å²) >= 11 is 5.52. The van der Waals surface area contributed by atoms with E-state index in [1.54, 1.807) is 0 Å². The highest BCUT2D eigenvalue weighted by molar-refractivity contribution is 9.10. The fourth-order valence-corrected chi connectivity index (χ4v) is 2.74. The molecule has 16 heavy (non-hydrogen) atoms. The molecule has 1 aromatic heterocycles. The minimum atomic E-state index is -4.67. The van der Waals surface area contributed by atoms with Crippen molar-refractivity contribution in [1.82, 2.24) is 4.98 Å². The van der Waals surface area contributed by atoms with Gasteiger partial charge in [-0.25, -0.2) is 8.78 Å². The number of hydrogen-bond donors (Lipinski definition) is 0. The smallest absolute Gasteiger partial charge is 0.250 e. The van der Waals surface area contributed by atoms with Gasteiger partial charge in [-0.2, -0.15) is 13.2 Å². The lowest BCUT2D eigenvalue weighted by Gasteiger charge is -2.13. The molecule has 8 heteroatoms. The molecule has 0 aliphatic carbocycles. The van der Waals surface area contributed by atoms with Gasteiger partial charge in [0.2, 0.25) is 0 Å². The predicted octanol–water partition coefficient (Wildman–Crippen LogP) is 4.70. The normalized spacial score (nSPS) is 12.2. The standard InChI is InChI=1S/C8H4Br2F5N/c9-1-3-4(7(11)12)2-16-6(5(3)10)8(13,14)15/h2,7H,1H2. The quantitative estimate of drug-likeness (QED) is 0.545. The second kappa shape index (κ2) is 4.95. The molecule has 0 atom stereocenters. The zero-order valence-corrected chi connectivity index (χ0v) is 10.6. The summed E-state index contributed by atoms with van der Waals surface area (Å²) < 4.78 is 61.7. The molecular weight excluding hydrogens is 365 g/mol. The summed E-state index contributed by atoms with van der Waals surface area (Å²) in [6, 6.07) is 0. The minimum absolute atomic E-state index is 0.112. The average Bonchev–Trinajstić information content (AvgIpc) is 2.14. The Morgan fingerprint density at radius 1 is 1.31 bits per heavy atom. The maximum absolute atomic E-state index is 12.5. The maximum Gasteiger partial charge on any atom is 0.434 e. The Labute approximate surface area is 104 Å². The molecule has 0 radical (unpaired) electrons. The number of alkyl halides is 6. The molecule has 0 fully saturated rings. The van der Waals surface area contributed by atoms with Crippen LogP contribution in [0.25, 0.3) is 0 Å². The molecule has 0 unspecified atom stereocenters. The van der Waals surface area contributed by atoms with Crippen molar-refractivity contribution in [3.8, 4) is 0 Å². The molecule has 0 aliphatic rings. The van der Waals surface area contributed by atoms with Crippen molar-refractivity contribution in [2.45, 2.75) is 17.9 Å². The van der Waals surface area contributed by atoms with Crippen molar-refractivity contribution >= 4 is 31.9 Å². The van der Waals surface area contributed by atoms with E-state index in [1.807, 2.05) is 0 Å². The van der Waals surface area contributed by atoms with Crippen molar-refractivity contribution in [2.75, 3.05) is 0 Å². The van der Waals surface area contributed by atoms with Crippen molar-refractivity contribution in [3.63, 3.8) is 0 Å². The Kier molecular flexibility index (Phi) is 4.28. The Morgan fingerprint density at radius 2 is 1.88 bits per heavy atom. The summed E-state index contributed by atoms with van der Waals surface area (Å²) in [5, 5.41) is -0.112. The Hall–Kier alpha value is -0.240. The van der Waals surface area contributed by atoms with Crippen molar-refractivity contribution in [3.05, 3.63) is 27.5 Å². The number of aromatic nitrogens is 1. The first-order valence-corrected chi connectivity index (χ1v) is 5.79. The van der Waals surface area contributed by atoms with Gasteiger partial charge >= 0.3 is 6.18 Å². The van der Waals surface area contributed by atoms with Crippen LogP contribution in [0.3, 0.4) is 0 Å². The van der Waals surface area contributed by atoms with Gasteiger partial charge in [-0.05, 0) is 21.5 Å². The fourth-order valence-electron chi connectivity index (χ4n) is 1.06.